The van der Waals surface area contributed by atoms with Crippen LogP contribution in [-0.2, 0) is 42.9 Å². The van der Waals surface area contributed by atoms with Crippen molar-refractivity contribution < 1.29 is 53.1 Å². The molecule has 11 nitrogen and oxygen atoms in total. The van der Waals surface area contributed by atoms with Gasteiger partial charge in [0.05, 0.1) is 18.1 Å². The molecule has 11 aliphatic rings. The maximum atomic E-state index is 11.6. The van der Waals surface area contributed by atoms with Crippen molar-refractivity contribution in [3.63, 3.8) is 0 Å². The third-order valence-corrected chi connectivity index (χ3v) is 14.8. The third-order valence-electron chi connectivity index (χ3n) is 14.8. The van der Waals surface area contributed by atoms with Gasteiger partial charge in [0.2, 0.25) is 0 Å². The van der Waals surface area contributed by atoms with Crippen LogP contribution in [0.15, 0.2) is 49.1 Å². The molecule has 11 rings (SSSR count). The van der Waals surface area contributed by atoms with E-state index < -0.39 is 23.3 Å². The summed E-state index contributed by atoms with van der Waals surface area (Å²) in [5.41, 5.74) is 0.137. The van der Waals surface area contributed by atoms with E-state index >= 15 is 0 Å². The Morgan fingerprint density at radius 1 is 0.787 bits per heavy atom. The van der Waals surface area contributed by atoms with Crippen molar-refractivity contribution >= 4 is 29.8 Å². The second-order valence-electron chi connectivity index (χ2n) is 21.2. The molecular formula is C50H74O11. The number of aliphatic hydroxyl groups excluding tert-OH is 1. The Kier molecular flexibility index (Phi) is 15.6. The number of carbonyl (C=O) groups is 5. The monoisotopic (exact) mass is 851 g/mol. The van der Waals surface area contributed by atoms with Gasteiger partial charge < -0.3 is 29.2 Å². The predicted molar refractivity (Wildman–Crippen MR) is 231 cm³/mol. The van der Waals surface area contributed by atoms with E-state index in [0.29, 0.717) is 46.8 Å². The molecular weight excluding hydrogens is 777 g/mol. The quantitative estimate of drug-likeness (QED) is 0.136. The summed E-state index contributed by atoms with van der Waals surface area (Å²) in [6.45, 7) is 26.0. The Bertz CT molecular complexity index is 1650. The van der Waals surface area contributed by atoms with Crippen LogP contribution < -0.4 is 0 Å². The van der Waals surface area contributed by atoms with Crippen molar-refractivity contribution in [3.05, 3.63) is 49.1 Å². The molecule has 0 aromatic carbocycles. The molecule has 0 aromatic rings. The van der Waals surface area contributed by atoms with Crippen LogP contribution in [0.4, 0.5) is 0 Å². The molecule has 61 heavy (non-hydrogen) atoms. The molecule has 12 bridgehead atoms. The van der Waals surface area contributed by atoms with Gasteiger partial charge in [0, 0.05) is 28.7 Å². The zero-order chi connectivity index (χ0) is 45.1. The number of aliphatic hydroxyl groups is 1. The van der Waals surface area contributed by atoms with Gasteiger partial charge in [-0.15, -0.1) is 0 Å². The van der Waals surface area contributed by atoms with Crippen LogP contribution in [0.25, 0.3) is 0 Å². The van der Waals surface area contributed by atoms with Crippen molar-refractivity contribution in [1.29, 1.82) is 0 Å². The van der Waals surface area contributed by atoms with Gasteiger partial charge in [-0.05, 0) is 192 Å². The maximum Gasteiger partial charge on any atom is 0.333 e. The Morgan fingerprint density at radius 2 is 1.30 bits per heavy atom. The molecule has 0 spiro atoms. The number of esters is 4. The summed E-state index contributed by atoms with van der Waals surface area (Å²) >= 11 is 0. The van der Waals surface area contributed by atoms with Gasteiger partial charge in [-0.1, -0.05) is 26.3 Å². The van der Waals surface area contributed by atoms with Crippen molar-refractivity contribution in [1.82, 2.24) is 0 Å². The van der Waals surface area contributed by atoms with Crippen molar-refractivity contribution in [2.24, 2.45) is 65.1 Å². The topological polar surface area (TPSA) is 163 Å². The summed E-state index contributed by atoms with van der Waals surface area (Å²) in [7, 11) is 0. The SMILES string of the molecule is C=C(C)C(=O)O.C=C(C)C(=O)OC(C)(C)C.C=C(C)C(=O)OC(C)CC1C2CC3CC(C2)CC1C3.C=CC(=O)OC12CC3CC(CC(C3)C1O)C2.O=C1OC2C3CCC2C1C3. The van der Waals surface area contributed by atoms with Crippen LogP contribution in [0.5, 0.6) is 0 Å². The summed E-state index contributed by atoms with van der Waals surface area (Å²) in [6, 6.07) is 0. The molecule has 0 radical (unpaired) electrons. The fourth-order valence-corrected chi connectivity index (χ4v) is 12.8. The number of hydrogen-bond acceptors (Lipinski definition) is 10. The maximum absolute atomic E-state index is 11.6. The normalized spacial score (nSPS) is 37.3. The van der Waals surface area contributed by atoms with Crippen LogP contribution in [0.1, 0.15) is 138 Å². The van der Waals surface area contributed by atoms with Crippen molar-refractivity contribution in [3.8, 4) is 0 Å². The largest absolute Gasteiger partial charge is 0.478 e. The molecule has 2 N–H and O–H groups in total. The first-order valence-corrected chi connectivity index (χ1v) is 22.9. The van der Waals surface area contributed by atoms with E-state index in [-0.39, 0.29) is 35.6 Å². The first-order valence-electron chi connectivity index (χ1n) is 22.9. The molecule has 8 atom stereocenters. The molecule has 1 aliphatic heterocycles. The Morgan fingerprint density at radius 3 is 1.70 bits per heavy atom. The van der Waals surface area contributed by atoms with Gasteiger partial charge in [0.15, 0.2) is 0 Å². The van der Waals surface area contributed by atoms with Gasteiger partial charge >= 0.3 is 29.8 Å². The lowest BCUT2D eigenvalue weighted by atomic mass is 9.51. The van der Waals surface area contributed by atoms with E-state index in [1.165, 1.54) is 64.4 Å². The first-order chi connectivity index (χ1) is 28.5. The van der Waals surface area contributed by atoms with Gasteiger partial charge in [0.25, 0.3) is 0 Å². The molecule has 11 heteroatoms. The lowest BCUT2D eigenvalue weighted by Gasteiger charge is -2.58. The number of rotatable bonds is 8. The Balaban J connectivity index is 0.000000152. The minimum absolute atomic E-state index is 0.0479. The molecule has 10 saturated carbocycles. The van der Waals surface area contributed by atoms with Crippen LogP contribution >= 0.6 is 0 Å². The van der Waals surface area contributed by atoms with Crippen molar-refractivity contribution in [2.75, 3.05) is 0 Å². The van der Waals surface area contributed by atoms with Gasteiger partial charge in [-0.2, -0.15) is 0 Å². The molecule has 10 aliphatic carbocycles. The van der Waals surface area contributed by atoms with E-state index in [2.05, 4.69) is 26.3 Å². The van der Waals surface area contributed by atoms with Crippen molar-refractivity contribution in [2.45, 2.75) is 168 Å². The predicted octanol–water partition coefficient (Wildman–Crippen LogP) is 9.12. The van der Waals surface area contributed by atoms with E-state index in [1.54, 1.807) is 13.8 Å². The molecule has 1 saturated heterocycles. The summed E-state index contributed by atoms with van der Waals surface area (Å²) in [5.74, 6) is 6.23. The average molecular weight is 851 g/mol. The molecule has 1 heterocycles. The van der Waals surface area contributed by atoms with Gasteiger partial charge in [0.1, 0.15) is 17.3 Å². The Hall–Kier alpha value is -3.73. The van der Waals surface area contributed by atoms with E-state index in [0.717, 1.165) is 74.0 Å². The number of carboxylic acid groups (broad SMARTS) is 1. The van der Waals surface area contributed by atoms with Gasteiger partial charge in [-0.25, -0.2) is 19.2 Å². The number of carboxylic acids is 1. The minimum Gasteiger partial charge on any atom is -0.478 e. The lowest BCUT2D eigenvalue weighted by molar-refractivity contribution is -0.224. The van der Waals surface area contributed by atoms with E-state index in [9.17, 15) is 29.1 Å². The smallest absolute Gasteiger partial charge is 0.333 e. The second-order valence-corrected chi connectivity index (χ2v) is 21.2. The standard InChI is InChI=1S/C17H26O2.C13H18O3.C8H10O2.C8H14O2.C4H6O2/c1-10(2)17(18)19-11(3)4-16-14-6-12-5-13(8-14)9-15(16)7-12;1-2-11(14)16-13-6-8-3-9(7-13)5-10(4-8)12(13)15;9-8-6-3-4-1-2-5(6)7(4)10-8;1-6(2)7(9)10-8(3,4)5;1-3(2)4(5)6/h11-16H,1,4-9H2,2-3H3;2,8-10,12,15H,1,3-7H2;4-7H,1-3H2;1H2,2-5H3;1H2,2H3,(H,5,6). The third kappa shape index (κ3) is 12.1. The zero-order valence-electron chi connectivity index (χ0n) is 38.0. The van der Waals surface area contributed by atoms with E-state index in [4.69, 9.17) is 24.1 Å². The highest BCUT2D eigenvalue weighted by atomic mass is 16.6. The van der Waals surface area contributed by atoms with Crippen LogP contribution in [-0.4, -0.2) is 69.6 Å². The van der Waals surface area contributed by atoms with Gasteiger partial charge in [-0.3, -0.25) is 4.79 Å². The van der Waals surface area contributed by atoms with E-state index in [1.807, 2.05) is 27.7 Å². The molecule has 0 aromatic heterocycles. The van der Waals surface area contributed by atoms with Crippen LogP contribution in [0.3, 0.4) is 0 Å². The summed E-state index contributed by atoms with van der Waals surface area (Å²) in [5, 5.41) is 18.2. The Labute approximate surface area is 364 Å². The number of aliphatic carboxylic acids is 1. The highest BCUT2D eigenvalue weighted by Gasteiger charge is 2.60. The lowest BCUT2D eigenvalue weighted by Crippen LogP contribution is -2.62. The fraction of sp³-hybridized carbons (Fsp3) is 0.740. The highest BCUT2D eigenvalue weighted by molar-refractivity contribution is 5.87. The summed E-state index contributed by atoms with van der Waals surface area (Å²) in [6.07, 6.45) is 18.3. The molecule has 11 fully saturated rings. The number of hydrogen-bond donors (Lipinski definition) is 2. The summed E-state index contributed by atoms with van der Waals surface area (Å²) < 4.78 is 21.2. The molecule has 0 amide bonds. The molecule has 340 valence electrons. The highest BCUT2D eigenvalue weighted by Crippen LogP contribution is 2.59. The number of carbonyl (C=O) groups excluding carboxylic acids is 4. The van der Waals surface area contributed by atoms with Crippen LogP contribution in [0, 0.1) is 65.1 Å². The molecule has 8 unspecified atom stereocenters. The fourth-order valence-electron chi connectivity index (χ4n) is 12.8. The average Bonchev–Trinajstić information content (AvgIpc) is 3.82. The van der Waals surface area contributed by atoms with Crippen LogP contribution in [0.2, 0.25) is 0 Å². The summed E-state index contributed by atoms with van der Waals surface area (Å²) in [4.78, 5) is 54.4. The zero-order valence-corrected chi connectivity index (χ0v) is 38.0. The minimum atomic E-state index is -0.935. The second kappa shape index (κ2) is 19.8. The first kappa shape index (κ1) is 48.3. The number of ether oxygens (including phenoxy) is 4.